The third-order valence-electron chi connectivity index (χ3n) is 5.07. The van der Waals surface area contributed by atoms with Crippen molar-refractivity contribution in [3.05, 3.63) is 35.9 Å². The molecule has 1 N–H and O–H groups in total. The number of hydrogen-bond acceptors (Lipinski definition) is 2. The smallest absolute Gasteiger partial charge is 0.00106 e. The van der Waals surface area contributed by atoms with Gasteiger partial charge >= 0.3 is 0 Å². The summed E-state index contributed by atoms with van der Waals surface area (Å²) in [6.45, 7) is 6.40. The molecule has 0 amide bonds. The van der Waals surface area contributed by atoms with Crippen LogP contribution in [0, 0.1) is 5.92 Å². The maximum Gasteiger partial charge on any atom is 0.00106 e. The lowest BCUT2D eigenvalue weighted by molar-refractivity contribution is 0.211. The molecule has 2 nitrogen and oxygen atoms in total. The van der Waals surface area contributed by atoms with Crippen LogP contribution in [0.25, 0.3) is 0 Å². The van der Waals surface area contributed by atoms with Crippen molar-refractivity contribution in [1.82, 2.24) is 10.2 Å². The van der Waals surface area contributed by atoms with Crippen molar-refractivity contribution in [2.75, 3.05) is 32.7 Å². The topological polar surface area (TPSA) is 15.3 Å². The first-order chi connectivity index (χ1) is 9.92. The molecule has 1 aromatic carbocycles. The van der Waals surface area contributed by atoms with Crippen LogP contribution in [0.4, 0.5) is 0 Å². The summed E-state index contributed by atoms with van der Waals surface area (Å²) in [4.78, 5) is 2.74. The highest BCUT2D eigenvalue weighted by Crippen LogP contribution is 2.28. The van der Waals surface area contributed by atoms with E-state index in [1.54, 1.807) is 5.56 Å². The van der Waals surface area contributed by atoms with Gasteiger partial charge in [0.1, 0.15) is 0 Å². The molecular formula is C18H29ClN2. The van der Waals surface area contributed by atoms with Crippen LogP contribution < -0.4 is 5.32 Å². The van der Waals surface area contributed by atoms with Crippen molar-refractivity contribution < 1.29 is 0 Å². The third-order valence-corrected chi connectivity index (χ3v) is 5.07. The first kappa shape index (κ1) is 16.8. The fraction of sp³-hybridized carbons (Fsp3) is 0.667. The van der Waals surface area contributed by atoms with Gasteiger partial charge in [0.05, 0.1) is 0 Å². The van der Waals surface area contributed by atoms with Crippen LogP contribution in [-0.2, 0) is 0 Å². The second-order valence-corrected chi connectivity index (χ2v) is 6.53. The Hall–Kier alpha value is -0.570. The molecule has 118 valence electrons. The Morgan fingerprint density at radius 3 is 2.48 bits per heavy atom. The Bertz CT molecular complexity index is 389. The molecule has 0 aromatic heterocycles. The van der Waals surface area contributed by atoms with Gasteiger partial charge in [-0.3, -0.25) is 0 Å². The van der Waals surface area contributed by atoms with Crippen LogP contribution in [-0.4, -0.2) is 37.6 Å². The Labute approximate surface area is 135 Å². The molecule has 1 unspecified atom stereocenters. The van der Waals surface area contributed by atoms with Crippen molar-refractivity contribution in [2.45, 2.75) is 38.0 Å². The summed E-state index contributed by atoms with van der Waals surface area (Å²) in [5.74, 6) is 1.72. The van der Waals surface area contributed by atoms with E-state index in [9.17, 15) is 0 Å². The largest absolute Gasteiger partial charge is 0.317 e. The molecule has 21 heavy (non-hydrogen) atoms. The fourth-order valence-corrected chi connectivity index (χ4v) is 3.83. The molecule has 0 spiro atoms. The average molecular weight is 309 g/mol. The highest BCUT2D eigenvalue weighted by molar-refractivity contribution is 5.85. The van der Waals surface area contributed by atoms with Crippen LogP contribution in [0.1, 0.15) is 43.6 Å². The minimum atomic E-state index is 0. The second-order valence-electron chi connectivity index (χ2n) is 6.53. The number of piperidine rings is 1. The van der Waals surface area contributed by atoms with Gasteiger partial charge in [0.2, 0.25) is 0 Å². The Kier molecular flexibility index (Phi) is 7.01. The molecule has 2 heterocycles. The standard InChI is InChI=1S/C18H28N2.ClH/c1-2-5-17(6-3-1)18-7-4-13-20(14-10-18)15-16-8-11-19-12-9-16;/h1-3,5-6,16,18-19H,4,7-15H2;1H. The van der Waals surface area contributed by atoms with Gasteiger partial charge in [0, 0.05) is 6.54 Å². The summed E-state index contributed by atoms with van der Waals surface area (Å²) < 4.78 is 0. The normalized spacial score (nSPS) is 25.0. The zero-order valence-electron chi connectivity index (χ0n) is 13.0. The Morgan fingerprint density at radius 2 is 1.71 bits per heavy atom. The molecule has 0 aliphatic carbocycles. The summed E-state index contributed by atoms with van der Waals surface area (Å²) in [7, 11) is 0. The van der Waals surface area contributed by atoms with E-state index in [0.717, 1.165) is 11.8 Å². The van der Waals surface area contributed by atoms with Crippen LogP contribution in [0.2, 0.25) is 0 Å². The van der Waals surface area contributed by atoms with E-state index in [1.165, 1.54) is 64.8 Å². The van der Waals surface area contributed by atoms with Crippen molar-refractivity contribution in [2.24, 2.45) is 5.92 Å². The number of hydrogen-bond donors (Lipinski definition) is 1. The van der Waals surface area contributed by atoms with Crippen LogP contribution in [0.15, 0.2) is 30.3 Å². The number of rotatable bonds is 3. The van der Waals surface area contributed by atoms with Crippen molar-refractivity contribution in [3.63, 3.8) is 0 Å². The summed E-state index contributed by atoms with van der Waals surface area (Å²) in [5, 5.41) is 3.47. The monoisotopic (exact) mass is 308 g/mol. The van der Waals surface area contributed by atoms with Crippen molar-refractivity contribution in [3.8, 4) is 0 Å². The fourth-order valence-electron chi connectivity index (χ4n) is 3.83. The van der Waals surface area contributed by atoms with Crippen molar-refractivity contribution in [1.29, 1.82) is 0 Å². The molecule has 1 atom stereocenters. The highest BCUT2D eigenvalue weighted by atomic mass is 35.5. The number of nitrogens with one attached hydrogen (secondary N) is 1. The first-order valence-corrected chi connectivity index (χ1v) is 8.40. The lowest BCUT2D eigenvalue weighted by Gasteiger charge is -2.29. The van der Waals surface area contributed by atoms with Gasteiger partial charge in [-0.2, -0.15) is 0 Å². The van der Waals surface area contributed by atoms with Gasteiger partial charge in [-0.05, 0) is 75.7 Å². The summed E-state index contributed by atoms with van der Waals surface area (Å²) >= 11 is 0. The maximum absolute atomic E-state index is 3.47. The number of nitrogens with zero attached hydrogens (tertiary/aromatic N) is 1. The van der Waals surface area contributed by atoms with Gasteiger partial charge in [-0.15, -0.1) is 12.4 Å². The molecule has 2 aliphatic rings. The minimum absolute atomic E-state index is 0. The zero-order chi connectivity index (χ0) is 13.6. The molecule has 3 rings (SSSR count). The molecular weight excluding hydrogens is 280 g/mol. The van der Waals surface area contributed by atoms with Crippen LogP contribution >= 0.6 is 12.4 Å². The van der Waals surface area contributed by atoms with Gasteiger partial charge < -0.3 is 10.2 Å². The summed E-state index contributed by atoms with van der Waals surface area (Å²) in [6, 6.07) is 11.1. The third kappa shape index (κ3) is 4.98. The molecule has 2 fully saturated rings. The number of likely N-dealkylation sites (tertiary alicyclic amines) is 1. The number of benzene rings is 1. The van der Waals surface area contributed by atoms with Gasteiger partial charge in [0.15, 0.2) is 0 Å². The summed E-state index contributed by atoms with van der Waals surface area (Å²) in [5.41, 5.74) is 1.55. The molecule has 0 radical (unpaired) electrons. The molecule has 1 aromatic rings. The minimum Gasteiger partial charge on any atom is -0.317 e. The molecule has 2 saturated heterocycles. The molecule has 0 bridgehead atoms. The van der Waals surface area contributed by atoms with E-state index >= 15 is 0 Å². The van der Waals surface area contributed by atoms with E-state index in [0.29, 0.717) is 0 Å². The van der Waals surface area contributed by atoms with Gasteiger partial charge in [-0.25, -0.2) is 0 Å². The van der Waals surface area contributed by atoms with Crippen molar-refractivity contribution >= 4 is 12.4 Å². The predicted molar refractivity (Wildman–Crippen MR) is 92.3 cm³/mol. The predicted octanol–water partition coefficient (Wildman–Crippen LogP) is 3.68. The lowest BCUT2D eigenvalue weighted by atomic mass is 9.92. The quantitative estimate of drug-likeness (QED) is 0.916. The Morgan fingerprint density at radius 1 is 0.952 bits per heavy atom. The Balaban J connectivity index is 0.00000161. The highest BCUT2D eigenvalue weighted by Gasteiger charge is 2.21. The lowest BCUT2D eigenvalue weighted by Crippen LogP contribution is -2.36. The average Bonchev–Trinajstić information content (AvgIpc) is 2.75. The maximum atomic E-state index is 3.47. The van der Waals surface area contributed by atoms with Crippen LogP contribution in [0.3, 0.4) is 0 Å². The number of halogens is 1. The van der Waals surface area contributed by atoms with E-state index in [1.807, 2.05) is 0 Å². The molecule has 2 aliphatic heterocycles. The van der Waals surface area contributed by atoms with E-state index in [-0.39, 0.29) is 12.4 Å². The molecule has 0 saturated carbocycles. The van der Waals surface area contributed by atoms with Gasteiger partial charge in [-0.1, -0.05) is 30.3 Å². The van der Waals surface area contributed by atoms with Gasteiger partial charge in [0.25, 0.3) is 0 Å². The van der Waals surface area contributed by atoms with E-state index < -0.39 is 0 Å². The zero-order valence-corrected chi connectivity index (χ0v) is 13.8. The van der Waals surface area contributed by atoms with Crippen LogP contribution in [0.5, 0.6) is 0 Å². The SMILES string of the molecule is Cl.c1ccc(C2CCCN(CC3CCNCC3)CC2)cc1. The van der Waals surface area contributed by atoms with E-state index in [2.05, 4.69) is 40.5 Å². The first-order valence-electron chi connectivity index (χ1n) is 8.40. The second kappa shape index (κ2) is 8.77. The summed E-state index contributed by atoms with van der Waals surface area (Å²) in [6.07, 6.45) is 6.82. The molecule has 3 heteroatoms. The van der Waals surface area contributed by atoms with E-state index in [4.69, 9.17) is 0 Å².